The molecule has 0 spiro atoms. The third-order valence-electron chi connectivity index (χ3n) is 3.21. The maximum atomic E-state index is 13.6. The van der Waals surface area contributed by atoms with Crippen molar-refractivity contribution >= 4 is 11.0 Å². The van der Waals surface area contributed by atoms with E-state index in [1.165, 1.54) is 6.07 Å². The number of aromatic nitrogens is 2. The monoisotopic (exact) mass is 259 g/mol. The molecule has 0 saturated heterocycles. The van der Waals surface area contributed by atoms with Gasteiger partial charge in [0.1, 0.15) is 5.76 Å². The Labute approximate surface area is 109 Å². The normalized spacial score (nSPS) is 13.1. The quantitative estimate of drug-likeness (QED) is 0.769. The van der Waals surface area contributed by atoms with Gasteiger partial charge in [-0.15, -0.1) is 0 Å². The number of nitrogens with zero attached hydrogens (tertiary/aromatic N) is 2. The number of nitrogens with two attached hydrogens (primary N) is 1. The van der Waals surface area contributed by atoms with Gasteiger partial charge in [0, 0.05) is 24.2 Å². The Morgan fingerprint density at radius 1 is 1.42 bits per heavy atom. The second-order valence-electron chi connectivity index (χ2n) is 4.63. The predicted octanol–water partition coefficient (Wildman–Crippen LogP) is 2.66. The summed E-state index contributed by atoms with van der Waals surface area (Å²) in [5, 5.41) is 4.96. The molecule has 19 heavy (non-hydrogen) atoms. The van der Waals surface area contributed by atoms with E-state index in [9.17, 15) is 4.39 Å². The molecule has 0 aliphatic carbocycles. The van der Waals surface area contributed by atoms with Crippen LogP contribution in [0.2, 0.25) is 0 Å². The number of para-hydroxylation sites is 1. The molecule has 2 aromatic heterocycles. The Balaban J connectivity index is 2.09. The van der Waals surface area contributed by atoms with Crippen LogP contribution in [-0.2, 0) is 7.05 Å². The lowest BCUT2D eigenvalue weighted by atomic mass is 10.1. The minimum Gasteiger partial charge on any atom is -0.456 e. The molecule has 0 bridgehead atoms. The zero-order valence-corrected chi connectivity index (χ0v) is 10.7. The predicted molar refractivity (Wildman–Crippen MR) is 70.1 cm³/mol. The van der Waals surface area contributed by atoms with Crippen molar-refractivity contribution in [2.45, 2.75) is 13.0 Å². The molecule has 0 amide bonds. The molecule has 0 fully saturated rings. The highest BCUT2D eigenvalue weighted by Crippen LogP contribution is 2.29. The first-order valence-electron chi connectivity index (χ1n) is 6.00. The zero-order chi connectivity index (χ0) is 13.6. The summed E-state index contributed by atoms with van der Waals surface area (Å²) in [5.74, 6) is 0.162. The van der Waals surface area contributed by atoms with Gasteiger partial charge in [-0.3, -0.25) is 4.68 Å². The smallest absolute Gasteiger partial charge is 0.169 e. The summed E-state index contributed by atoms with van der Waals surface area (Å²) in [7, 11) is 1.83. The van der Waals surface area contributed by atoms with Crippen LogP contribution in [0.3, 0.4) is 0 Å². The molecule has 1 unspecified atom stereocenters. The Kier molecular flexibility index (Phi) is 2.64. The van der Waals surface area contributed by atoms with Crippen LogP contribution in [0.4, 0.5) is 4.39 Å². The van der Waals surface area contributed by atoms with Crippen molar-refractivity contribution in [2.24, 2.45) is 12.8 Å². The SMILES string of the molecule is Cc1nn(C)cc1C(N)c1cc2cccc(F)c2o1. The minimum absolute atomic E-state index is 0.245. The summed E-state index contributed by atoms with van der Waals surface area (Å²) in [6.07, 6.45) is 1.85. The van der Waals surface area contributed by atoms with Crippen LogP contribution in [0.15, 0.2) is 34.9 Å². The number of fused-ring (bicyclic) bond motifs is 1. The fraction of sp³-hybridized carbons (Fsp3) is 0.214. The first kappa shape index (κ1) is 11.9. The van der Waals surface area contributed by atoms with E-state index in [1.807, 2.05) is 20.2 Å². The van der Waals surface area contributed by atoms with E-state index in [1.54, 1.807) is 22.9 Å². The van der Waals surface area contributed by atoms with Gasteiger partial charge < -0.3 is 10.2 Å². The van der Waals surface area contributed by atoms with Gasteiger partial charge in [0.25, 0.3) is 0 Å². The van der Waals surface area contributed by atoms with Crippen LogP contribution in [0.25, 0.3) is 11.0 Å². The van der Waals surface area contributed by atoms with Gasteiger partial charge in [-0.1, -0.05) is 12.1 Å². The Hall–Kier alpha value is -2.14. The molecule has 98 valence electrons. The molecule has 0 saturated carbocycles. The summed E-state index contributed by atoms with van der Waals surface area (Å²) < 4.78 is 20.8. The largest absolute Gasteiger partial charge is 0.456 e. The zero-order valence-electron chi connectivity index (χ0n) is 10.7. The van der Waals surface area contributed by atoms with Crippen molar-refractivity contribution in [3.8, 4) is 0 Å². The molecule has 0 aliphatic rings. The van der Waals surface area contributed by atoms with Gasteiger partial charge in [0.2, 0.25) is 0 Å². The van der Waals surface area contributed by atoms with E-state index in [2.05, 4.69) is 5.10 Å². The van der Waals surface area contributed by atoms with Crippen LogP contribution < -0.4 is 5.73 Å². The van der Waals surface area contributed by atoms with Crippen molar-refractivity contribution < 1.29 is 8.81 Å². The Bertz CT molecular complexity index is 744. The van der Waals surface area contributed by atoms with Gasteiger partial charge in [-0.05, 0) is 19.1 Å². The highest BCUT2D eigenvalue weighted by Gasteiger charge is 2.19. The molecule has 2 N–H and O–H groups in total. The average Bonchev–Trinajstić information content (AvgIpc) is 2.93. The third-order valence-corrected chi connectivity index (χ3v) is 3.21. The third kappa shape index (κ3) is 1.92. The van der Waals surface area contributed by atoms with Crippen LogP contribution in [-0.4, -0.2) is 9.78 Å². The molecule has 0 aliphatic heterocycles. The van der Waals surface area contributed by atoms with Crippen LogP contribution in [0, 0.1) is 12.7 Å². The summed E-state index contributed by atoms with van der Waals surface area (Å²) >= 11 is 0. The first-order chi connectivity index (χ1) is 9.06. The van der Waals surface area contributed by atoms with E-state index < -0.39 is 6.04 Å². The first-order valence-corrected chi connectivity index (χ1v) is 6.00. The molecule has 5 heteroatoms. The van der Waals surface area contributed by atoms with Crippen molar-refractivity contribution in [1.29, 1.82) is 0 Å². The maximum Gasteiger partial charge on any atom is 0.169 e. The molecule has 4 nitrogen and oxygen atoms in total. The molecular weight excluding hydrogens is 245 g/mol. The maximum absolute atomic E-state index is 13.6. The highest BCUT2D eigenvalue weighted by molar-refractivity contribution is 5.78. The van der Waals surface area contributed by atoms with E-state index in [0.717, 1.165) is 11.3 Å². The Morgan fingerprint density at radius 3 is 2.84 bits per heavy atom. The number of rotatable bonds is 2. The summed E-state index contributed by atoms with van der Waals surface area (Å²) in [5.41, 5.74) is 8.14. The molecular formula is C14H14FN3O. The standard InChI is InChI=1S/C14H14FN3O/c1-8-10(7-18(2)17-8)13(16)12-6-9-4-3-5-11(15)14(9)19-12/h3-7,13H,16H2,1-2H3. The second-order valence-corrected chi connectivity index (χ2v) is 4.63. The second kappa shape index (κ2) is 4.20. The fourth-order valence-corrected chi connectivity index (χ4v) is 2.28. The van der Waals surface area contributed by atoms with E-state index >= 15 is 0 Å². The molecule has 1 aromatic carbocycles. The molecule has 0 radical (unpaired) electrons. The van der Waals surface area contributed by atoms with Crippen molar-refractivity contribution in [2.75, 3.05) is 0 Å². The highest BCUT2D eigenvalue weighted by atomic mass is 19.1. The number of hydrogen-bond acceptors (Lipinski definition) is 3. The van der Waals surface area contributed by atoms with Crippen LogP contribution >= 0.6 is 0 Å². The van der Waals surface area contributed by atoms with Crippen molar-refractivity contribution in [3.63, 3.8) is 0 Å². The topological polar surface area (TPSA) is 57.0 Å². The van der Waals surface area contributed by atoms with Gasteiger partial charge in [-0.2, -0.15) is 5.10 Å². The fourth-order valence-electron chi connectivity index (χ4n) is 2.28. The number of benzene rings is 1. The lowest BCUT2D eigenvalue weighted by Gasteiger charge is -2.06. The number of halogens is 1. The summed E-state index contributed by atoms with van der Waals surface area (Å²) in [4.78, 5) is 0. The summed E-state index contributed by atoms with van der Waals surface area (Å²) in [6, 6.07) is 6.15. The van der Waals surface area contributed by atoms with E-state index in [0.29, 0.717) is 11.1 Å². The average molecular weight is 259 g/mol. The van der Waals surface area contributed by atoms with Crippen molar-refractivity contribution in [1.82, 2.24) is 9.78 Å². The van der Waals surface area contributed by atoms with Crippen molar-refractivity contribution in [3.05, 3.63) is 53.3 Å². The van der Waals surface area contributed by atoms with Crippen LogP contribution in [0.5, 0.6) is 0 Å². The number of furan rings is 1. The lowest BCUT2D eigenvalue weighted by Crippen LogP contribution is -2.11. The molecule has 2 heterocycles. The Morgan fingerprint density at radius 2 is 2.21 bits per heavy atom. The minimum atomic E-state index is -0.444. The lowest BCUT2D eigenvalue weighted by molar-refractivity contribution is 0.501. The van der Waals surface area contributed by atoms with Crippen LogP contribution in [0.1, 0.15) is 23.1 Å². The van der Waals surface area contributed by atoms with E-state index in [4.69, 9.17) is 10.2 Å². The number of hydrogen-bond donors (Lipinski definition) is 1. The molecule has 3 rings (SSSR count). The molecule has 1 atom stereocenters. The van der Waals surface area contributed by atoms with Gasteiger partial charge in [0.05, 0.1) is 11.7 Å². The van der Waals surface area contributed by atoms with E-state index in [-0.39, 0.29) is 11.4 Å². The van der Waals surface area contributed by atoms with Gasteiger partial charge >= 0.3 is 0 Å². The number of aryl methyl sites for hydroxylation is 2. The summed E-state index contributed by atoms with van der Waals surface area (Å²) in [6.45, 7) is 1.89. The van der Waals surface area contributed by atoms with Gasteiger partial charge in [0.15, 0.2) is 11.4 Å². The van der Waals surface area contributed by atoms with Gasteiger partial charge in [-0.25, -0.2) is 4.39 Å². The molecule has 3 aromatic rings.